The number of benzene rings is 1. The molecule has 0 atom stereocenters. The third kappa shape index (κ3) is 5.31. The van der Waals surface area contributed by atoms with Gasteiger partial charge < -0.3 is 14.8 Å². The first-order chi connectivity index (χ1) is 16.2. The predicted octanol–water partition coefficient (Wildman–Crippen LogP) is 5.09. The van der Waals surface area contributed by atoms with E-state index in [9.17, 15) is 9.18 Å². The van der Waals surface area contributed by atoms with Crippen LogP contribution in [0.5, 0.6) is 17.2 Å². The second-order valence-electron chi connectivity index (χ2n) is 8.69. The first-order valence-corrected chi connectivity index (χ1v) is 10.9. The smallest absolute Gasteiger partial charge is 0.230 e. The number of nitrogens with one attached hydrogen (secondary N) is 1. The van der Waals surface area contributed by atoms with Gasteiger partial charge in [-0.15, -0.1) is 0 Å². The number of rotatable bonds is 7. The summed E-state index contributed by atoms with van der Waals surface area (Å²) in [4.78, 5) is 20.8. The summed E-state index contributed by atoms with van der Waals surface area (Å²) in [5.74, 6) is 0.367. The van der Waals surface area contributed by atoms with Crippen molar-refractivity contribution < 1.29 is 18.7 Å². The molecule has 3 heterocycles. The minimum absolute atomic E-state index is 0.0197. The molecule has 176 valence electrons. The molecule has 0 saturated carbocycles. The van der Waals surface area contributed by atoms with Gasteiger partial charge in [-0.2, -0.15) is 5.10 Å². The highest BCUT2D eigenvalue weighted by molar-refractivity contribution is 5.91. The Morgan fingerprint density at radius 3 is 2.65 bits per heavy atom. The van der Waals surface area contributed by atoms with Crippen LogP contribution in [0.3, 0.4) is 0 Å². The van der Waals surface area contributed by atoms with E-state index >= 15 is 0 Å². The normalized spacial score (nSPS) is 11.4. The van der Waals surface area contributed by atoms with E-state index in [4.69, 9.17) is 9.47 Å². The average molecular weight is 464 g/mol. The zero-order valence-electron chi connectivity index (χ0n) is 19.5. The lowest BCUT2D eigenvalue weighted by Crippen LogP contribution is -2.22. The minimum atomic E-state index is -0.633. The SMILES string of the molecule is CCOc1ccc2nccc(Oc3cnc(CC(=O)Nc4cnn(C(C)(C)C)c4)c(F)c3)c2c1. The summed E-state index contributed by atoms with van der Waals surface area (Å²) >= 11 is 0. The Morgan fingerprint density at radius 1 is 1.12 bits per heavy atom. The highest BCUT2D eigenvalue weighted by Gasteiger charge is 2.16. The van der Waals surface area contributed by atoms with E-state index in [1.807, 2.05) is 45.9 Å². The Balaban J connectivity index is 1.47. The van der Waals surface area contributed by atoms with Crippen molar-refractivity contribution in [3.63, 3.8) is 0 Å². The summed E-state index contributed by atoms with van der Waals surface area (Å²) in [7, 11) is 0. The quantitative estimate of drug-likeness (QED) is 0.410. The van der Waals surface area contributed by atoms with Gasteiger partial charge in [0.2, 0.25) is 5.91 Å². The van der Waals surface area contributed by atoms with Gasteiger partial charge in [-0.05, 0) is 52.0 Å². The summed E-state index contributed by atoms with van der Waals surface area (Å²) < 4.78 is 27.9. The molecule has 0 saturated heterocycles. The molecule has 0 fully saturated rings. The lowest BCUT2D eigenvalue weighted by atomic mass is 10.1. The zero-order valence-corrected chi connectivity index (χ0v) is 19.5. The Bertz CT molecular complexity index is 1330. The fraction of sp³-hybridized carbons (Fsp3) is 0.280. The van der Waals surface area contributed by atoms with Gasteiger partial charge in [-0.1, -0.05) is 0 Å². The lowest BCUT2D eigenvalue weighted by Gasteiger charge is -2.18. The van der Waals surface area contributed by atoms with Gasteiger partial charge in [-0.25, -0.2) is 4.39 Å². The molecule has 0 aliphatic heterocycles. The molecule has 0 aliphatic rings. The van der Waals surface area contributed by atoms with Crippen LogP contribution in [0, 0.1) is 5.82 Å². The van der Waals surface area contributed by atoms with Gasteiger partial charge in [0, 0.05) is 23.8 Å². The first kappa shape index (κ1) is 23.2. The van der Waals surface area contributed by atoms with Crippen molar-refractivity contribution in [1.29, 1.82) is 0 Å². The van der Waals surface area contributed by atoms with E-state index in [2.05, 4.69) is 20.4 Å². The molecule has 8 nitrogen and oxygen atoms in total. The number of carbonyl (C=O) groups is 1. The number of aromatic nitrogens is 4. The molecule has 1 aromatic carbocycles. The highest BCUT2D eigenvalue weighted by Crippen LogP contribution is 2.31. The summed E-state index contributed by atoms with van der Waals surface area (Å²) in [6, 6.07) is 8.39. The number of fused-ring (bicyclic) bond motifs is 1. The van der Waals surface area contributed by atoms with Gasteiger partial charge in [0.25, 0.3) is 0 Å². The number of carbonyl (C=O) groups excluding carboxylic acids is 1. The summed E-state index contributed by atoms with van der Waals surface area (Å²) in [5.41, 5.74) is 1.07. The minimum Gasteiger partial charge on any atom is -0.494 e. The fourth-order valence-electron chi connectivity index (χ4n) is 3.32. The molecule has 1 amide bonds. The van der Waals surface area contributed by atoms with E-state index in [0.29, 0.717) is 23.8 Å². The third-order valence-corrected chi connectivity index (χ3v) is 4.99. The molecule has 4 rings (SSSR count). The van der Waals surface area contributed by atoms with Crippen LogP contribution in [-0.4, -0.2) is 32.3 Å². The van der Waals surface area contributed by atoms with Gasteiger partial charge in [0.15, 0.2) is 0 Å². The van der Waals surface area contributed by atoms with Gasteiger partial charge in [-0.3, -0.25) is 19.4 Å². The van der Waals surface area contributed by atoms with Crippen LogP contribution >= 0.6 is 0 Å². The summed E-state index contributed by atoms with van der Waals surface area (Å²) in [5, 5.41) is 7.69. The van der Waals surface area contributed by atoms with Crippen LogP contribution in [0.25, 0.3) is 10.9 Å². The van der Waals surface area contributed by atoms with Crippen LogP contribution in [0.15, 0.2) is 55.1 Å². The molecule has 0 radical (unpaired) electrons. The van der Waals surface area contributed by atoms with Crippen molar-refractivity contribution in [2.45, 2.75) is 39.7 Å². The molecule has 1 N–H and O–H groups in total. The molecule has 34 heavy (non-hydrogen) atoms. The van der Waals surface area contributed by atoms with E-state index in [0.717, 1.165) is 10.9 Å². The number of anilines is 1. The van der Waals surface area contributed by atoms with E-state index < -0.39 is 11.7 Å². The van der Waals surface area contributed by atoms with Crippen molar-refractivity contribution in [3.8, 4) is 17.2 Å². The van der Waals surface area contributed by atoms with Gasteiger partial charge in [0.05, 0.1) is 47.9 Å². The van der Waals surface area contributed by atoms with Crippen molar-refractivity contribution in [3.05, 3.63) is 66.6 Å². The topological polar surface area (TPSA) is 91.2 Å². The molecule has 0 aliphatic carbocycles. The number of pyridine rings is 2. The molecule has 0 bridgehead atoms. The van der Waals surface area contributed by atoms with Crippen LogP contribution < -0.4 is 14.8 Å². The molecule has 3 aromatic heterocycles. The van der Waals surface area contributed by atoms with Crippen LogP contribution in [-0.2, 0) is 16.8 Å². The molecular weight excluding hydrogens is 437 g/mol. The fourth-order valence-corrected chi connectivity index (χ4v) is 3.32. The standard InChI is InChI=1S/C25H26FN5O3/c1-5-33-17-6-7-21-19(10-17)23(8-9-27-21)34-18-11-20(26)22(28-14-18)12-24(32)30-16-13-29-31(15-16)25(2,3)4/h6-11,13-15H,5,12H2,1-4H3,(H,30,32). The van der Waals surface area contributed by atoms with Crippen molar-refractivity contribution in [2.75, 3.05) is 11.9 Å². The number of nitrogens with zero attached hydrogens (tertiary/aromatic N) is 4. The Kier molecular flexibility index (Phi) is 6.45. The summed E-state index contributed by atoms with van der Waals surface area (Å²) in [6.07, 6.45) is 6.07. The van der Waals surface area contributed by atoms with Crippen molar-refractivity contribution in [1.82, 2.24) is 19.7 Å². The van der Waals surface area contributed by atoms with E-state index in [1.54, 1.807) is 29.3 Å². The number of halogens is 1. The van der Waals surface area contributed by atoms with Crippen LogP contribution in [0.2, 0.25) is 0 Å². The Morgan fingerprint density at radius 2 is 1.94 bits per heavy atom. The van der Waals surface area contributed by atoms with Gasteiger partial charge >= 0.3 is 0 Å². The molecule has 9 heteroatoms. The van der Waals surface area contributed by atoms with Gasteiger partial charge in [0.1, 0.15) is 23.1 Å². The Hall–Kier alpha value is -4.01. The number of hydrogen-bond acceptors (Lipinski definition) is 6. The molecule has 0 unspecified atom stereocenters. The monoisotopic (exact) mass is 463 g/mol. The zero-order chi connectivity index (χ0) is 24.3. The molecule has 4 aromatic rings. The second-order valence-corrected chi connectivity index (χ2v) is 8.69. The second kappa shape index (κ2) is 9.46. The maximum Gasteiger partial charge on any atom is 0.230 e. The Labute approximate surface area is 196 Å². The number of ether oxygens (including phenoxy) is 2. The molecule has 0 spiro atoms. The largest absolute Gasteiger partial charge is 0.494 e. The summed E-state index contributed by atoms with van der Waals surface area (Å²) in [6.45, 7) is 8.44. The lowest BCUT2D eigenvalue weighted by molar-refractivity contribution is -0.115. The van der Waals surface area contributed by atoms with Crippen LogP contribution in [0.1, 0.15) is 33.4 Å². The maximum absolute atomic E-state index is 14.7. The molecular formula is C25H26FN5O3. The van der Waals surface area contributed by atoms with Crippen molar-refractivity contribution in [2.24, 2.45) is 0 Å². The van der Waals surface area contributed by atoms with E-state index in [-0.39, 0.29) is 23.4 Å². The number of amides is 1. The van der Waals surface area contributed by atoms with Crippen molar-refractivity contribution >= 4 is 22.5 Å². The number of hydrogen-bond donors (Lipinski definition) is 1. The predicted molar refractivity (Wildman–Crippen MR) is 127 cm³/mol. The van der Waals surface area contributed by atoms with Crippen LogP contribution in [0.4, 0.5) is 10.1 Å². The van der Waals surface area contributed by atoms with E-state index in [1.165, 1.54) is 12.3 Å². The highest BCUT2D eigenvalue weighted by atomic mass is 19.1. The third-order valence-electron chi connectivity index (χ3n) is 4.99. The average Bonchev–Trinajstić information content (AvgIpc) is 3.25. The first-order valence-electron chi connectivity index (χ1n) is 10.9. The maximum atomic E-state index is 14.7.